The fraction of sp³-hybridized carbons (Fsp3) is 0.733. The molecule has 8 heteroatoms. The van der Waals surface area contributed by atoms with Crippen LogP contribution in [0.3, 0.4) is 0 Å². The second kappa shape index (κ2) is 4.94. The number of esters is 1. The molecule has 8 nitrogen and oxygen atoms in total. The van der Waals surface area contributed by atoms with Gasteiger partial charge in [-0.25, -0.2) is 4.79 Å². The van der Waals surface area contributed by atoms with Crippen molar-refractivity contribution in [2.75, 3.05) is 34.8 Å². The van der Waals surface area contributed by atoms with Crippen molar-refractivity contribution in [1.29, 1.82) is 0 Å². The number of carbonyl (C=O) groups excluding carboxylic acids is 3. The van der Waals surface area contributed by atoms with E-state index >= 15 is 0 Å². The van der Waals surface area contributed by atoms with E-state index in [1.54, 1.807) is 7.05 Å². The van der Waals surface area contributed by atoms with Crippen molar-refractivity contribution >= 4 is 23.7 Å². The predicted octanol–water partition coefficient (Wildman–Crippen LogP) is -0.845. The fourth-order valence-corrected chi connectivity index (χ4v) is 4.61. The summed E-state index contributed by atoms with van der Waals surface area (Å²) in [5.74, 6) is -1.63. The first-order chi connectivity index (χ1) is 10.9. The van der Waals surface area contributed by atoms with Gasteiger partial charge >= 0.3 is 5.97 Å². The second-order valence-electron chi connectivity index (χ2n) is 6.35. The van der Waals surface area contributed by atoms with E-state index in [-0.39, 0.29) is 17.9 Å². The molecular weight excluding hydrogens is 300 g/mol. The molecule has 23 heavy (non-hydrogen) atoms. The van der Waals surface area contributed by atoms with Crippen LogP contribution in [-0.2, 0) is 19.1 Å². The van der Waals surface area contributed by atoms with Gasteiger partial charge in [0.1, 0.15) is 0 Å². The van der Waals surface area contributed by atoms with Crippen molar-refractivity contribution in [3.05, 3.63) is 0 Å². The number of likely N-dealkylation sites (N-methyl/N-ethyl adjacent to an activating group) is 1. The maximum Gasteiger partial charge on any atom is 0.332 e. The molecule has 2 amide bonds. The van der Waals surface area contributed by atoms with Gasteiger partial charge in [-0.15, -0.1) is 0 Å². The maximum atomic E-state index is 12.8. The minimum absolute atomic E-state index is 0.222. The first-order valence-corrected chi connectivity index (χ1v) is 7.73. The number of carbonyl (C=O) groups is 3. The number of ether oxygens (including phenoxy) is 1. The molecule has 0 aromatic heterocycles. The monoisotopic (exact) mass is 322 g/mol. The lowest BCUT2D eigenvalue weighted by Crippen LogP contribution is -2.59. The van der Waals surface area contributed by atoms with E-state index in [9.17, 15) is 14.4 Å². The Kier molecular flexibility index (Phi) is 3.38. The van der Waals surface area contributed by atoms with Crippen molar-refractivity contribution < 1.29 is 19.1 Å². The van der Waals surface area contributed by atoms with Gasteiger partial charge in [-0.05, 0) is 6.42 Å². The van der Waals surface area contributed by atoms with Crippen LogP contribution in [0.4, 0.5) is 0 Å². The largest absolute Gasteiger partial charge is 0.467 e. The molecule has 3 heterocycles. The molecule has 0 aromatic carbocycles. The van der Waals surface area contributed by atoms with Crippen molar-refractivity contribution in [3.8, 4) is 0 Å². The number of fused-ring (bicyclic) bond motifs is 3. The topological polar surface area (TPSA) is 82.5 Å². The number of nitrogens with zero attached hydrogens (tertiary/aromatic N) is 4. The summed E-state index contributed by atoms with van der Waals surface area (Å²) in [5.41, 5.74) is -1.18. The highest BCUT2D eigenvalue weighted by Crippen LogP contribution is 2.52. The summed E-state index contributed by atoms with van der Waals surface area (Å²) in [6, 6.07) is -0.246. The van der Waals surface area contributed by atoms with Gasteiger partial charge in [-0.3, -0.25) is 19.5 Å². The Labute approximate surface area is 135 Å². The lowest BCUT2D eigenvalue weighted by Gasteiger charge is -2.39. The molecular formula is C15H22N4O4. The van der Waals surface area contributed by atoms with E-state index in [0.29, 0.717) is 18.9 Å². The van der Waals surface area contributed by atoms with Gasteiger partial charge in [0.25, 0.3) is 0 Å². The molecule has 0 aliphatic carbocycles. The number of imide groups is 1. The van der Waals surface area contributed by atoms with Crippen molar-refractivity contribution in [2.24, 2.45) is 16.8 Å². The number of guanidine groups is 1. The van der Waals surface area contributed by atoms with Crippen LogP contribution >= 0.6 is 0 Å². The second-order valence-corrected chi connectivity index (χ2v) is 6.35. The Bertz CT molecular complexity index is 619. The Hall–Kier alpha value is -2.12. The van der Waals surface area contributed by atoms with E-state index in [1.807, 2.05) is 23.8 Å². The lowest BCUT2D eigenvalue weighted by atomic mass is 9.78. The summed E-state index contributed by atoms with van der Waals surface area (Å²) in [7, 11) is 6.32. The van der Waals surface area contributed by atoms with E-state index in [4.69, 9.17) is 4.74 Å². The van der Waals surface area contributed by atoms with Gasteiger partial charge in [-0.2, -0.15) is 0 Å². The molecule has 0 radical (unpaired) electrons. The molecule has 3 rings (SSSR count). The summed E-state index contributed by atoms with van der Waals surface area (Å²) in [6.07, 6.45) is 0.372. The van der Waals surface area contributed by atoms with E-state index in [2.05, 4.69) is 4.99 Å². The zero-order valence-electron chi connectivity index (χ0n) is 14.1. The SMILES string of the molecule is CC[C@]1(C(=O)OC)[C@H]2C(=O)N(C)C(=O)[C@H]2[C@H]2CN(C)C(=NC)N21. The Morgan fingerprint density at radius 1 is 1.35 bits per heavy atom. The molecule has 3 saturated heterocycles. The molecule has 0 spiro atoms. The van der Waals surface area contributed by atoms with Crippen LogP contribution in [0.15, 0.2) is 4.99 Å². The summed E-state index contributed by atoms with van der Waals surface area (Å²) >= 11 is 0. The molecule has 3 aliphatic heterocycles. The van der Waals surface area contributed by atoms with Crippen LogP contribution in [0.2, 0.25) is 0 Å². The summed E-state index contributed by atoms with van der Waals surface area (Å²) in [4.78, 5) is 47.3. The number of likely N-dealkylation sites (tertiary alicyclic amines) is 1. The molecule has 3 fully saturated rings. The zero-order valence-corrected chi connectivity index (χ0v) is 14.1. The smallest absolute Gasteiger partial charge is 0.332 e. The molecule has 4 atom stereocenters. The van der Waals surface area contributed by atoms with Crippen LogP contribution < -0.4 is 0 Å². The summed E-state index contributed by atoms with van der Waals surface area (Å²) in [6.45, 7) is 2.40. The number of aliphatic imine (C=N–C) groups is 1. The summed E-state index contributed by atoms with van der Waals surface area (Å²) in [5, 5.41) is 0. The summed E-state index contributed by atoms with van der Waals surface area (Å²) < 4.78 is 5.06. The van der Waals surface area contributed by atoms with Gasteiger partial charge < -0.3 is 14.5 Å². The predicted molar refractivity (Wildman–Crippen MR) is 81.4 cm³/mol. The molecule has 126 valence electrons. The molecule has 0 N–H and O–H groups in total. The number of methoxy groups -OCH3 is 1. The Morgan fingerprint density at radius 2 is 2.00 bits per heavy atom. The first-order valence-electron chi connectivity index (χ1n) is 7.73. The van der Waals surface area contributed by atoms with E-state index in [0.717, 1.165) is 4.90 Å². The van der Waals surface area contributed by atoms with Crippen LogP contribution in [0.1, 0.15) is 13.3 Å². The van der Waals surface area contributed by atoms with Crippen LogP contribution in [-0.4, -0.2) is 84.8 Å². The lowest BCUT2D eigenvalue weighted by molar-refractivity contribution is -0.158. The van der Waals surface area contributed by atoms with Gasteiger partial charge in [-0.1, -0.05) is 6.92 Å². The third-order valence-corrected chi connectivity index (χ3v) is 5.56. The highest BCUT2D eigenvalue weighted by Gasteiger charge is 2.73. The average Bonchev–Trinajstić information content (AvgIpc) is 3.09. The molecule has 0 aromatic rings. The minimum Gasteiger partial charge on any atom is -0.467 e. The molecule has 0 unspecified atom stereocenters. The standard InChI is InChI=1S/C15H22N4O4/c1-6-15(13(22)23-5)10-9(11(20)18(4)12(10)21)8-7-17(3)14(16-2)19(8)15/h8-10H,6-7H2,1-5H3/t8-,9+,10-,15-/m1/s1. The molecule has 3 aliphatic rings. The number of rotatable bonds is 2. The van der Waals surface area contributed by atoms with Gasteiger partial charge in [0.15, 0.2) is 11.5 Å². The molecule has 0 saturated carbocycles. The van der Waals surface area contributed by atoms with Crippen LogP contribution in [0, 0.1) is 11.8 Å². The van der Waals surface area contributed by atoms with Gasteiger partial charge in [0, 0.05) is 27.7 Å². The third kappa shape index (κ3) is 1.61. The van der Waals surface area contributed by atoms with Gasteiger partial charge in [0.2, 0.25) is 11.8 Å². The maximum absolute atomic E-state index is 12.8. The van der Waals surface area contributed by atoms with Crippen LogP contribution in [0.25, 0.3) is 0 Å². The number of hydrogen-bond acceptors (Lipinski definition) is 5. The average molecular weight is 322 g/mol. The zero-order chi connectivity index (χ0) is 17.1. The van der Waals surface area contributed by atoms with Crippen molar-refractivity contribution in [3.63, 3.8) is 0 Å². The van der Waals surface area contributed by atoms with E-state index in [1.165, 1.54) is 14.2 Å². The Balaban J connectivity index is 2.23. The van der Waals surface area contributed by atoms with Gasteiger partial charge in [0.05, 0.1) is 25.0 Å². The minimum atomic E-state index is -1.18. The third-order valence-electron chi connectivity index (χ3n) is 5.56. The fourth-order valence-electron chi connectivity index (χ4n) is 4.61. The molecule has 0 bridgehead atoms. The van der Waals surface area contributed by atoms with E-state index < -0.39 is 23.3 Å². The number of hydrogen-bond donors (Lipinski definition) is 0. The normalized spacial score (nSPS) is 37.7. The Morgan fingerprint density at radius 3 is 2.52 bits per heavy atom. The van der Waals surface area contributed by atoms with Crippen molar-refractivity contribution in [2.45, 2.75) is 24.9 Å². The van der Waals surface area contributed by atoms with Crippen molar-refractivity contribution in [1.82, 2.24) is 14.7 Å². The van der Waals surface area contributed by atoms with Crippen LogP contribution in [0.5, 0.6) is 0 Å². The number of amides is 2. The highest BCUT2D eigenvalue weighted by atomic mass is 16.5. The highest BCUT2D eigenvalue weighted by molar-refractivity contribution is 6.11. The first kappa shape index (κ1) is 15.8. The quantitative estimate of drug-likeness (QED) is 0.487.